The van der Waals surface area contributed by atoms with Crippen molar-refractivity contribution in [1.29, 1.82) is 0 Å². The maximum Gasteiger partial charge on any atom is 0.263 e. The largest absolute Gasteiger partial charge is 0.372 e. The lowest BCUT2D eigenvalue weighted by Crippen LogP contribution is -2.30. The molecule has 10 heteroatoms. The van der Waals surface area contributed by atoms with Gasteiger partial charge < -0.3 is 10.1 Å². The van der Waals surface area contributed by atoms with Gasteiger partial charge >= 0.3 is 0 Å². The van der Waals surface area contributed by atoms with Gasteiger partial charge in [0.15, 0.2) is 5.16 Å². The van der Waals surface area contributed by atoms with Crippen LogP contribution in [0.4, 0.5) is 0 Å². The molecule has 0 fully saturated rings. The van der Waals surface area contributed by atoms with Gasteiger partial charge in [0, 0.05) is 17.8 Å². The van der Waals surface area contributed by atoms with Crippen molar-refractivity contribution in [2.75, 3.05) is 5.75 Å². The molecule has 1 N–H and O–H groups in total. The minimum Gasteiger partial charge on any atom is -0.372 e. The number of thioether (sulfide) groups is 1. The topological polar surface area (TPSA) is 90.5 Å². The Labute approximate surface area is 275 Å². The highest BCUT2D eigenvalue weighted by atomic mass is 32.2. The van der Waals surface area contributed by atoms with Gasteiger partial charge in [-0.2, -0.15) is 0 Å². The normalized spacial score (nSPS) is 14.7. The summed E-state index contributed by atoms with van der Waals surface area (Å²) in [6.07, 6.45) is 1.43. The van der Waals surface area contributed by atoms with Crippen LogP contribution in [0.5, 0.6) is 0 Å². The summed E-state index contributed by atoms with van der Waals surface area (Å²) in [5.41, 5.74) is 4.19. The predicted octanol–water partition coefficient (Wildman–Crippen LogP) is 6.44. The number of carbonyl (C=O) groups is 1. The number of amides is 1. The third kappa shape index (κ3) is 6.00. The number of aromatic nitrogens is 4. The van der Waals surface area contributed by atoms with E-state index in [1.54, 1.807) is 15.9 Å². The van der Waals surface area contributed by atoms with E-state index in [1.165, 1.54) is 11.8 Å². The molecule has 1 aliphatic heterocycles. The molecule has 3 aromatic heterocycles. The molecule has 234 valence electrons. The predicted molar refractivity (Wildman–Crippen MR) is 183 cm³/mol. The summed E-state index contributed by atoms with van der Waals surface area (Å²) < 4.78 is 9.91. The first-order valence-electron chi connectivity index (χ1n) is 15.6. The second-order valence-corrected chi connectivity index (χ2v) is 13.9. The summed E-state index contributed by atoms with van der Waals surface area (Å²) in [5.74, 6) is 0.849. The molecule has 1 aliphatic rings. The quantitative estimate of drug-likeness (QED) is 0.172. The average molecular weight is 650 g/mol. The van der Waals surface area contributed by atoms with E-state index in [9.17, 15) is 9.59 Å². The van der Waals surface area contributed by atoms with Crippen LogP contribution in [0.15, 0.2) is 101 Å². The average Bonchev–Trinajstić information content (AvgIpc) is 3.69. The van der Waals surface area contributed by atoms with Crippen molar-refractivity contribution >= 4 is 45.0 Å². The fraction of sp³-hybridized carbons (Fsp3) is 0.278. The fourth-order valence-electron chi connectivity index (χ4n) is 6.08. The van der Waals surface area contributed by atoms with Crippen LogP contribution >= 0.6 is 23.1 Å². The monoisotopic (exact) mass is 649 g/mol. The van der Waals surface area contributed by atoms with Gasteiger partial charge in [0.2, 0.25) is 11.7 Å². The first-order chi connectivity index (χ1) is 22.5. The van der Waals surface area contributed by atoms with Crippen molar-refractivity contribution in [1.82, 2.24) is 24.5 Å². The summed E-state index contributed by atoms with van der Waals surface area (Å²) in [6.45, 7) is 5.26. The number of ether oxygens (including phenoxy) is 1. The first kappa shape index (κ1) is 30.4. The van der Waals surface area contributed by atoms with Gasteiger partial charge in [-0.05, 0) is 34.6 Å². The molecule has 1 atom stereocenters. The molecular formula is C36H35N5O3S2. The second-order valence-electron chi connectivity index (χ2n) is 11.9. The molecule has 1 unspecified atom stereocenters. The Morgan fingerprint density at radius 1 is 0.978 bits per heavy atom. The summed E-state index contributed by atoms with van der Waals surface area (Å²) in [4.78, 5) is 29.6. The highest BCUT2D eigenvalue weighted by Gasteiger charge is 2.30. The van der Waals surface area contributed by atoms with E-state index in [-0.39, 0.29) is 29.4 Å². The number of benzene rings is 3. The van der Waals surface area contributed by atoms with E-state index >= 15 is 0 Å². The second kappa shape index (κ2) is 13.2. The van der Waals surface area contributed by atoms with Gasteiger partial charge in [0.05, 0.1) is 29.9 Å². The van der Waals surface area contributed by atoms with E-state index in [4.69, 9.17) is 4.74 Å². The summed E-state index contributed by atoms with van der Waals surface area (Å²) >= 11 is 2.90. The van der Waals surface area contributed by atoms with Gasteiger partial charge in [0.1, 0.15) is 4.83 Å². The number of nitrogens with one attached hydrogen (secondary N) is 1. The highest BCUT2D eigenvalue weighted by molar-refractivity contribution is 7.99. The number of nitrogens with zero attached hydrogens (tertiary/aromatic N) is 4. The molecule has 1 amide bonds. The molecule has 7 rings (SSSR count). The summed E-state index contributed by atoms with van der Waals surface area (Å²) in [6, 6.07) is 29.8. The standard InChI is InChI=1S/C36H35N5O3S2/c1-23(2)28-20-27-29(21-44-28)46-34-31(27)33(43)40(19-18-24-12-6-3-7-13-24)35-38-39-36(41(34)35)45-22-30(42)37-32(25-14-8-4-9-15-25)26-16-10-5-11-17-26/h3-17,23,28,32H,18-22H2,1-2H3,(H,37,42). The lowest BCUT2D eigenvalue weighted by Gasteiger charge is -2.26. The molecule has 0 bridgehead atoms. The summed E-state index contributed by atoms with van der Waals surface area (Å²) in [7, 11) is 0. The molecule has 0 aliphatic carbocycles. The zero-order chi connectivity index (χ0) is 31.6. The molecule has 0 spiro atoms. The molecular weight excluding hydrogens is 615 g/mol. The van der Waals surface area contributed by atoms with Crippen LogP contribution in [0.3, 0.4) is 0 Å². The van der Waals surface area contributed by atoms with Crippen LogP contribution in [0.25, 0.3) is 16.0 Å². The Hall–Kier alpha value is -4.25. The number of aryl methyl sites for hydroxylation is 2. The molecule has 6 aromatic rings. The van der Waals surface area contributed by atoms with Crippen molar-refractivity contribution in [2.24, 2.45) is 5.92 Å². The van der Waals surface area contributed by atoms with Crippen molar-refractivity contribution in [2.45, 2.75) is 57.1 Å². The van der Waals surface area contributed by atoms with Crippen LogP contribution in [-0.4, -0.2) is 36.9 Å². The van der Waals surface area contributed by atoms with Gasteiger partial charge in [-0.25, -0.2) is 4.40 Å². The molecule has 0 saturated heterocycles. The van der Waals surface area contributed by atoms with Crippen LogP contribution in [0.2, 0.25) is 0 Å². The Morgan fingerprint density at radius 2 is 1.63 bits per heavy atom. The number of fused-ring (bicyclic) bond motifs is 5. The van der Waals surface area contributed by atoms with Crippen LogP contribution < -0.4 is 10.9 Å². The van der Waals surface area contributed by atoms with E-state index in [0.29, 0.717) is 48.2 Å². The third-order valence-electron chi connectivity index (χ3n) is 8.54. The van der Waals surface area contributed by atoms with E-state index in [0.717, 1.165) is 32.0 Å². The highest BCUT2D eigenvalue weighted by Crippen LogP contribution is 2.37. The number of hydrogen-bond acceptors (Lipinski definition) is 7. The third-order valence-corrected chi connectivity index (χ3v) is 10.7. The Balaban J connectivity index is 1.23. The molecule has 46 heavy (non-hydrogen) atoms. The SMILES string of the molecule is CC(C)C1Cc2c(sc3c2c(=O)n(CCc2ccccc2)c2nnc(SCC(=O)NC(c4ccccc4)c4ccccc4)n32)CO1. The lowest BCUT2D eigenvalue weighted by molar-refractivity contribution is -0.119. The van der Waals surface area contributed by atoms with Crippen molar-refractivity contribution < 1.29 is 9.53 Å². The van der Waals surface area contributed by atoms with E-state index in [2.05, 4.69) is 41.5 Å². The number of thiophene rings is 1. The molecule has 8 nitrogen and oxygen atoms in total. The van der Waals surface area contributed by atoms with Gasteiger partial charge in [-0.1, -0.05) is 117 Å². The minimum absolute atomic E-state index is 0.0457. The van der Waals surface area contributed by atoms with Gasteiger partial charge in [-0.3, -0.25) is 14.2 Å². The molecule has 3 aromatic carbocycles. The van der Waals surface area contributed by atoms with Gasteiger partial charge in [0.25, 0.3) is 5.56 Å². The zero-order valence-electron chi connectivity index (χ0n) is 25.8. The Kier molecular flexibility index (Phi) is 8.75. The first-order valence-corrected chi connectivity index (χ1v) is 17.4. The van der Waals surface area contributed by atoms with Crippen LogP contribution in [0.1, 0.15) is 47.0 Å². The number of rotatable bonds is 10. The van der Waals surface area contributed by atoms with Crippen LogP contribution in [-0.2, 0) is 35.5 Å². The van der Waals surface area contributed by atoms with Gasteiger partial charge in [-0.15, -0.1) is 21.5 Å². The number of carbonyl (C=O) groups excluding carboxylic acids is 1. The Bertz CT molecular complexity index is 2000. The zero-order valence-corrected chi connectivity index (χ0v) is 27.4. The molecule has 4 heterocycles. The van der Waals surface area contributed by atoms with Crippen LogP contribution in [0, 0.1) is 5.92 Å². The van der Waals surface area contributed by atoms with Crippen molar-refractivity contribution in [3.05, 3.63) is 128 Å². The number of hydrogen-bond donors (Lipinski definition) is 1. The lowest BCUT2D eigenvalue weighted by atomic mass is 9.96. The smallest absolute Gasteiger partial charge is 0.263 e. The summed E-state index contributed by atoms with van der Waals surface area (Å²) in [5, 5.41) is 13.6. The Morgan fingerprint density at radius 3 is 2.28 bits per heavy atom. The molecule has 0 saturated carbocycles. The molecule has 0 radical (unpaired) electrons. The van der Waals surface area contributed by atoms with E-state index < -0.39 is 0 Å². The van der Waals surface area contributed by atoms with E-state index in [1.807, 2.05) is 83.3 Å². The minimum atomic E-state index is -0.279. The van der Waals surface area contributed by atoms with Crippen molar-refractivity contribution in [3.8, 4) is 0 Å². The maximum absolute atomic E-state index is 14.2. The fourth-order valence-corrected chi connectivity index (χ4v) is 8.13. The maximum atomic E-state index is 14.2. The van der Waals surface area contributed by atoms with Crippen molar-refractivity contribution in [3.63, 3.8) is 0 Å².